The molecule has 1 rings (SSSR count). The molecule has 0 aromatic heterocycles. The van der Waals surface area contributed by atoms with Crippen LogP contribution >= 0.6 is 0 Å². The van der Waals surface area contributed by atoms with Crippen molar-refractivity contribution in [1.82, 2.24) is 10.2 Å². The van der Waals surface area contributed by atoms with Gasteiger partial charge in [0.15, 0.2) is 0 Å². The number of rotatable bonds is 6. The second-order valence-corrected chi connectivity index (χ2v) is 4.75. The maximum atomic E-state index is 11.7. The molecule has 1 amide bonds. The molecule has 16 heavy (non-hydrogen) atoms. The third-order valence-corrected chi connectivity index (χ3v) is 3.49. The second kappa shape index (κ2) is 6.86. The Bertz CT molecular complexity index is 214. The first-order chi connectivity index (χ1) is 7.65. The molecule has 1 fully saturated rings. The van der Waals surface area contributed by atoms with Crippen LogP contribution in [0, 0.1) is 5.92 Å². The zero-order chi connectivity index (χ0) is 12.0. The average molecular weight is 227 g/mol. The van der Waals surface area contributed by atoms with Crippen molar-refractivity contribution in [3.63, 3.8) is 0 Å². The molecule has 0 aromatic carbocycles. The third-order valence-electron chi connectivity index (χ3n) is 3.49. The van der Waals surface area contributed by atoms with Crippen LogP contribution in [0.15, 0.2) is 0 Å². The molecule has 1 aliphatic rings. The molecule has 0 aromatic rings. The maximum Gasteiger partial charge on any atom is 0.237 e. The van der Waals surface area contributed by atoms with E-state index in [4.69, 9.17) is 5.73 Å². The van der Waals surface area contributed by atoms with Gasteiger partial charge in [-0.15, -0.1) is 0 Å². The number of carbonyl (C=O) groups is 1. The topological polar surface area (TPSA) is 58.4 Å². The van der Waals surface area contributed by atoms with Gasteiger partial charge < -0.3 is 16.0 Å². The van der Waals surface area contributed by atoms with Crippen LogP contribution in [0.25, 0.3) is 0 Å². The third kappa shape index (κ3) is 4.10. The molecule has 4 nitrogen and oxygen atoms in total. The molecule has 1 heterocycles. The molecule has 1 saturated heterocycles. The van der Waals surface area contributed by atoms with Crippen LogP contribution in [0.2, 0.25) is 0 Å². The summed E-state index contributed by atoms with van der Waals surface area (Å²) in [4.78, 5) is 14.0. The van der Waals surface area contributed by atoms with E-state index >= 15 is 0 Å². The summed E-state index contributed by atoms with van der Waals surface area (Å²) in [6.45, 7) is 8.11. The number of nitrogens with two attached hydrogens (primary N) is 1. The predicted molar refractivity (Wildman–Crippen MR) is 66.1 cm³/mol. The fraction of sp³-hybridized carbons (Fsp3) is 0.917. The van der Waals surface area contributed by atoms with Crippen LogP contribution in [-0.4, -0.2) is 43.0 Å². The van der Waals surface area contributed by atoms with Gasteiger partial charge in [-0.05, 0) is 31.8 Å². The van der Waals surface area contributed by atoms with Crippen molar-refractivity contribution in [3.05, 3.63) is 0 Å². The molecule has 1 unspecified atom stereocenters. The summed E-state index contributed by atoms with van der Waals surface area (Å²) < 4.78 is 0. The predicted octanol–water partition coefficient (Wildman–Crippen LogP) is 0.572. The van der Waals surface area contributed by atoms with Crippen LogP contribution in [0.4, 0.5) is 0 Å². The minimum absolute atomic E-state index is 0.00598. The average Bonchev–Trinajstić information content (AvgIpc) is 2.79. The zero-order valence-electron chi connectivity index (χ0n) is 10.5. The molecule has 0 aliphatic carbocycles. The number of nitrogens with zero attached hydrogens (tertiary/aromatic N) is 1. The smallest absolute Gasteiger partial charge is 0.237 e. The van der Waals surface area contributed by atoms with Gasteiger partial charge in [-0.25, -0.2) is 0 Å². The molecule has 1 aliphatic heterocycles. The Morgan fingerprint density at radius 3 is 2.62 bits per heavy atom. The zero-order valence-corrected chi connectivity index (χ0v) is 10.5. The van der Waals surface area contributed by atoms with Gasteiger partial charge in [0.05, 0.1) is 6.04 Å². The van der Waals surface area contributed by atoms with Crippen LogP contribution in [0.3, 0.4) is 0 Å². The summed E-state index contributed by atoms with van der Waals surface area (Å²) in [5.41, 5.74) is 5.84. The van der Waals surface area contributed by atoms with Crippen molar-refractivity contribution in [2.75, 3.05) is 26.2 Å². The summed E-state index contributed by atoms with van der Waals surface area (Å²) in [7, 11) is 0. The van der Waals surface area contributed by atoms with E-state index in [-0.39, 0.29) is 17.9 Å². The lowest BCUT2D eigenvalue weighted by atomic mass is 9.99. The molecule has 0 radical (unpaired) electrons. The van der Waals surface area contributed by atoms with E-state index in [1.54, 1.807) is 0 Å². The van der Waals surface area contributed by atoms with Crippen LogP contribution in [0.5, 0.6) is 0 Å². The van der Waals surface area contributed by atoms with E-state index in [1.165, 1.54) is 25.9 Å². The van der Waals surface area contributed by atoms with Gasteiger partial charge in [0.1, 0.15) is 0 Å². The lowest BCUT2D eigenvalue weighted by Gasteiger charge is -2.19. The van der Waals surface area contributed by atoms with E-state index in [9.17, 15) is 4.79 Å². The molecule has 4 heteroatoms. The molecule has 0 saturated carbocycles. The second-order valence-electron chi connectivity index (χ2n) is 4.75. The highest BCUT2D eigenvalue weighted by Gasteiger charge is 2.19. The number of amides is 1. The summed E-state index contributed by atoms with van der Waals surface area (Å²) in [6, 6.07) is -0.358. The number of carbonyl (C=O) groups excluding carboxylic acids is 1. The standard InChI is InChI=1S/C12H25N3O/c1-3-10(2)11(13)12(16)14-6-9-15-7-4-5-8-15/h10-11H,3-9,13H2,1-2H3,(H,14,16)/t10?,11-/m0/s1. The first kappa shape index (κ1) is 13.5. The largest absolute Gasteiger partial charge is 0.353 e. The Labute approximate surface area is 98.6 Å². The molecular formula is C12H25N3O. The maximum absolute atomic E-state index is 11.7. The lowest BCUT2D eigenvalue weighted by Crippen LogP contribution is -2.46. The van der Waals surface area contributed by atoms with Crippen molar-refractivity contribution in [2.24, 2.45) is 11.7 Å². The van der Waals surface area contributed by atoms with Gasteiger partial charge in [0.2, 0.25) is 5.91 Å². The minimum atomic E-state index is -0.358. The normalized spacial score (nSPS) is 20.7. The Kier molecular flexibility index (Phi) is 5.77. The van der Waals surface area contributed by atoms with Gasteiger partial charge in [-0.1, -0.05) is 20.3 Å². The van der Waals surface area contributed by atoms with Gasteiger partial charge in [-0.3, -0.25) is 4.79 Å². The van der Waals surface area contributed by atoms with Crippen molar-refractivity contribution < 1.29 is 4.79 Å². The fourth-order valence-corrected chi connectivity index (χ4v) is 1.97. The van der Waals surface area contributed by atoms with Crippen LogP contribution in [0.1, 0.15) is 33.1 Å². The number of hydrogen-bond donors (Lipinski definition) is 2. The summed E-state index contributed by atoms with van der Waals surface area (Å²) in [5.74, 6) is 0.250. The molecule has 3 N–H and O–H groups in total. The molecule has 0 bridgehead atoms. The minimum Gasteiger partial charge on any atom is -0.353 e. The summed E-state index contributed by atoms with van der Waals surface area (Å²) >= 11 is 0. The number of likely N-dealkylation sites (tertiary alicyclic amines) is 1. The van der Waals surface area contributed by atoms with Gasteiger partial charge >= 0.3 is 0 Å². The van der Waals surface area contributed by atoms with E-state index in [0.717, 1.165) is 19.5 Å². The van der Waals surface area contributed by atoms with Crippen LogP contribution in [-0.2, 0) is 4.79 Å². The van der Waals surface area contributed by atoms with Gasteiger partial charge in [0.25, 0.3) is 0 Å². The quantitative estimate of drug-likeness (QED) is 0.697. The van der Waals surface area contributed by atoms with E-state index in [2.05, 4.69) is 17.1 Å². The lowest BCUT2D eigenvalue weighted by molar-refractivity contribution is -0.123. The summed E-state index contributed by atoms with van der Waals surface area (Å²) in [6.07, 6.45) is 3.53. The van der Waals surface area contributed by atoms with E-state index in [1.807, 2.05) is 6.92 Å². The van der Waals surface area contributed by atoms with E-state index < -0.39 is 0 Å². The van der Waals surface area contributed by atoms with Gasteiger partial charge in [-0.2, -0.15) is 0 Å². The first-order valence-electron chi connectivity index (χ1n) is 6.40. The molecule has 0 spiro atoms. The monoisotopic (exact) mass is 227 g/mol. The first-order valence-corrected chi connectivity index (χ1v) is 6.40. The number of nitrogens with one attached hydrogen (secondary N) is 1. The Morgan fingerprint density at radius 1 is 1.44 bits per heavy atom. The summed E-state index contributed by atoms with van der Waals surface area (Å²) in [5, 5.41) is 2.92. The highest BCUT2D eigenvalue weighted by atomic mass is 16.2. The molecule has 2 atom stereocenters. The van der Waals surface area contributed by atoms with Crippen molar-refractivity contribution in [1.29, 1.82) is 0 Å². The van der Waals surface area contributed by atoms with E-state index in [0.29, 0.717) is 0 Å². The highest BCUT2D eigenvalue weighted by Crippen LogP contribution is 2.06. The fourth-order valence-electron chi connectivity index (χ4n) is 1.97. The Balaban J connectivity index is 2.13. The highest BCUT2D eigenvalue weighted by molar-refractivity contribution is 5.81. The van der Waals surface area contributed by atoms with Crippen molar-refractivity contribution in [2.45, 2.75) is 39.2 Å². The Morgan fingerprint density at radius 2 is 2.06 bits per heavy atom. The Hall–Kier alpha value is -0.610. The SMILES string of the molecule is CCC(C)[C@H](N)C(=O)NCCN1CCCC1. The van der Waals surface area contributed by atoms with Gasteiger partial charge in [0, 0.05) is 13.1 Å². The van der Waals surface area contributed by atoms with Crippen LogP contribution < -0.4 is 11.1 Å². The number of hydrogen-bond acceptors (Lipinski definition) is 3. The molecule has 94 valence electrons. The van der Waals surface area contributed by atoms with Crippen molar-refractivity contribution in [3.8, 4) is 0 Å². The molecular weight excluding hydrogens is 202 g/mol. The van der Waals surface area contributed by atoms with Crippen molar-refractivity contribution >= 4 is 5.91 Å².